The monoisotopic (exact) mass is 261 g/mol. The lowest BCUT2D eigenvalue weighted by molar-refractivity contribution is 0.0265. The molecule has 0 aromatic heterocycles. The molecule has 3 unspecified atom stereocenters. The molecule has 0 radical (unpaired) electrons. The first-order chi connectivity index (χ1) is 6.84. The molecule has 3 N–H and O–H groups in total. The Balaban J connectivity index is 0. The van der Waals surface area contributed by atoms with E-state index in [9.17, 15) is 9.13 Å². The zero-order chi connectivity index (χ0) is 12.4. The van der Waals surface area contributed by atoms with Gasteiger partial charge in [0.1, 0.15) is 6.23 Å². The van der Waals surface area contributed by atoms with Crippen LogP contribution in [0, 0.1) is 0 Å². The van der Waals surface area contributed by atoms with Crippen molar-refractivity contribution in [1.29, 1.82) is 0 Å². The lowest BCUT2D eigenvalue weighted by atomic mass is 10.5. The number of hydrogen-bond acceptors (Lipinski definition) is 5. The van der Waals surface area contributed by atoms with E-state index in [4.69, 9.17) is 14.9 Å². The van der Waals surface area contributed by atoms with Crippen LogP contribution in [0.25, 0.3) is 0 Å². The average molecular weight is 261 g/mol. The van der Waals surface area contributed by atoms with Crippen LogP contribution in [0.5, 0.6) is 0 Å². The van der Waals surface area contributed by atoms with Gasteiger partial charge in [0.05, 0.1) is 0 Å². The third kappa shape index (κ3) is 14.0. The molecule has 0 aromatic carbocycles. The summed E-state index contributed by atoms with van der Waals surface area (Å²) in [5.74, 6) is 0. The second-order valence-electron chi connectivity index (χ2n) is 2.41. The predicted molar refractivity (Wildman–Crippen MR) is 55.3 cm³/mol. The minimum absolute atomic E-state index is 0.287. The van der Waals surface area contributed by atoms with Gasteiger partial charge >= 0.3 is 16.5 Å². The highest BCUT2D eigenvalue weighted by Crippen LogP contribution is 2.30. The maximum atomic E-state index is 9.39. The lowest BCUT2D eigenvalue weighted by Gasteiger charge is -2.20. The SMILES string of the molecule is CCN(CC)C(C)O.O=[P+](O)O[P+](=O)O. The highest BCUT2D eigenvalue weighted by Gasteiger charge is 2.31. The largest absolute Gasteiger partial charge is 0.745 e. The molecule has 0 spiro atoms. The molecule has 0 saturated carbocycles. The van der Waals surface area contributed by atoms with Crippen molar-refractivity contribution in [3.05, 3.63) is 0 Å². The summed E-state index contributed by atoms with van der Waals surface area (Å²) in [7, 11) is -5.85. The van der Waals surface area contributed by atoms with Crippen LogP contribution in [0.1, 0.15) is 20.8 Å². The summed E-state index contributed by atoms with van der Waals surface area (Å²) < 4.78 is 22.2. The minimum atomic E-state index is -2.92. The molecule has 0 aliphatic heterocycles. The first-order valence-electron chi connectivity index (χ1n) is 4.27. The summed E-state index contributed by atoms with van der Waals surface area (Å²) in [5, 5.41) is 8.94. The van der Waals surface area contributed by atoms with Gasteiger partial charge in [-0.1, -0.05) is 13.8 Å². The van der Waals surface area contributed by atoms with E-state index in [2.05, 4.69) is 4.31 Å². The molecule has 0 aliphatic carbocycles. The number of aliphatic hydroxyl groups excluding tert-OH is 1. The third-order valence-electron chi connectivity index (χ3n) is 1.48. The zero-order valence-electron chi connectivity index (χ0n) is 8.90. The molecule has 15 heavy (non-hydrogen) atoms. The molecule has 3 atom stereocenters. The summed E-state index contributed by atoms with van der Waals surface area (Å²) in [5.41, 5.74) is 0. The van der Waals surface area contributed by atoms with Gasteiger partial charge in [-0.3, -0.25) is 4.90 Å². The van der Waals surface area contributed by atoms with E-state index in [1.165, 1.54) is 0 Å². The Labute approximate surface area is 90.6 Å². The Kier molecular flexibility index (Phi) is 12.2. The average Bonchev–Trinajstić information content (AvgIpc) is 2.03. The van der Waals surface area contributed by atoms with Crippen molar-refractivity contribution < 1.29 is 28.3 Å². The van der Waals surface area contributed by atoms with Gasteiger partial charge in [-0.2, -0.15) is 0 Å². The van der Waals surface area contributed by atoms with E-state index in [0.29, 0.717) is 0 Å². The van der Waals surface area contributed by atoms with E-state index < -0.39 is 16.5 Å². The van der Waals surface area contributed by atoms with Crippen LogP contribution in [-0.2, 0) is 13.4 Å². The summed E-state index contributed by atoms with van der Waals surface area (Å²) in [6, 6.07) is 0. The van der Waals surface area contributed by atoms with Crippen molar-refractivity contribution in [3.63, 3.8) is 0 Å². The summed E-state index contributed by atoms with van der Waals surface area (Å²) in [6.07, 6.45) is -0.287. The first kappa shape index (κ1) is 17.4. The van der Waals surface area contributed by atoms with Gasteiger partial charge < -0.3 is 5.11 Å². The van der Waals surface area contributed by atoms with Gasteiger partial charge in [0.2, 0.25) is 0 Å². The second kappa shape index (κ2) is 10.5. The molecule has 0 heterocycles. The van der Waals surface area contributed by atoms with Crippen LogP contribution in [-0.4, -0.2) is 39.1 Å². The van der Waals surface area contributed by atoms with E-state index in [-0.39, 0.29) is 6.23 Å². The normalized spacial score (nSPS) is 14.1. The summed E-state index contributed by atoms with van der Waals surface area (Å²) in [6.45, 7) is 7.71. The Morgan fingerprint density at radius 3 is 1.53 bits per heavy atom. The maximum absolute atomic E-state index is 9.39. The van der Waals surface area contributed by atoms with Gasteiger partial charge in [0.25, 0.3) is 0 Å². The maximum Gasteiger partial charge on any atom is 0.745 e. The van der Waals surface area contributed by atoms with Crippen molar-refractivity contribution in [2.45, 2.75) is 27.0 Å². The van der Waals surface area contributed by atoms with Crippen LogP contribution in [0.15, 0.2) is 0 Å². The van der Waals surface area contributed by atoms with E-state index in [1.54, 1.807) is 6.92 Å². The molecule has 0 bridgehead atoms. The fourth-order valence-corrected chi connectivity index (χ4v) is 1.29. The Morgan fingerprint density at radius 2 is 1.53 bits per heavy atom. The van der Waals surface area contributed by atoms with Gasteiger partial charge in [-0.05, 0) is 20.0 Å². The van der Waals surface area contributed by atoms with Gasteiger partial charge in [0.15, 0.2) is 4.31 Å². The lowest BCUT2D eigenvalue weighted by Crippen LogP contribution is -2.32. The van der Waals surface area contributed by atoms with Crippen LogP contribution in [0.3, 0.4) is 0 Å². The summed E-state index contributed by atoms with van der Waals surface area (Å²) >= 11 is 0. The Morgan fingerprint density at radius 1 is 1.20 bits per heavy atom. The van der Waals surface area contributed by atoms with E-state index in [1.807, 2.05) is 18.7 Å². The van der Waals surface area contributed by atoms with E-state index in [0.717, 1.165) is 13.1 Å². The van der Waals surface area contributed by atoms with Crippen molar-refractivity contribution >= 4 is 16.5 Å². The third-order valence-corrected chi connectivity index (χ3v) is 2.60. The fraction of sp³-hybridized carbons (Fsp3) is 1.00. The molecule has 0 aromatic rings. The van der Waals surface area contributed by atoms with Crippen molar-refractivity contribution in [1.82, 2.24) is 4.90 Å². The molecular weight excluding hydrogens is 244 g/mol. The van der Waals surface area contributed by atoms with Crippen molar-refractivity contribution in [2.24, 2.45) is 0 Å². The molecule has 0 saturated heterocycles. The van der Waals surface area contributed by atoms with Crippen molar-refractivity contribution in [3.8, 4) is 0 Å². The fourth-order valence-electron chi connectivity index (χ4n) is 0.812. The standard InChI is InChI=1S/C6H15NO.O5P2/c1-4-7(5-2)6(3)8;1-6(2)5-7(3)4/h6,8H,4-5H2,1-3H3;/p+2. The molecule has 0 amide bonds. The number of rotatable bonds is 5. The highest BCUT2D eigenvalue weighted by atomic mass is 31.2. The molecule has 0 aliphatic rings. The topological polar surface area (TPSA) is 107 Å². The zero-order valence-corrected chi connectivity index (χ0v) is 10.7. The van der Waals surface area contributed by atoms with Gasteiger partial charge in [-0.15, -0.1) is 9.79 Å². The van der Waals surface area contributed by atoms with Crippen LogP contribution in [0.2, 0.25) is 0 Å². The van der Waals surface area contributed by atoms with Gasteiger partial charge in [-0.25, -0.2) is 0 Å². The van der Waals surface area contributed by atoms with Crippen LogP contribution >= 0.6 is 16.5 Å². The number of hydrogen-bond donors (Lipinski definition) is 3. The Hall–Kier alpha value is -0.0000000000000000763. The Bertz CT molecular complexity index is 184. The minimum Gasteiger partial charge on any atom is -0.379 e. The smallest absolute Gasteiger partial charge is 0.379 e. The molecule has 9 heteroatoms. The predicted octanol–water partition coefficient (Wildman–Crippen LogP) is 0.969. The molecule has 90 valence electrons. The van der Waals surface area contributed by atoms with Crippen LogP contribution in [0.4, 0.5) is 0 Å². The summed E-state index contributed by atoms with van der Waals surface area (Å²) in [4.78, 5) is 17.3. The van der Waals surface area contributed by atoms with Crippen molar-refractivity contribution in [2.75, 3.05) is 13.1 Å². The number of aliphatic hydroxyl groups is 1. The molecule has 0 fully saturated rings. The quantitative estimate of drug-likeness (QED) is 0.500. The van der Waals surface area contributed by atoms with Crippen LogP contribution < -0.4 is 0 Å². The molecule has 0 rings (SSSR count). The first-order valence-corrected chi connectivity index (χ1v) is 6.53. The number of nitrogens with zero attached hydrogens (tertiary/aromatic N) is 1. The second-order valence-corrected chi connectivity index (χ2v) is 4.01. The molecular formula is C6H17NO6P2+2. The van der Waals surface area contributed by atoms with E-state index >= 15 is 0 Å². The molecule has 7 nitrogen and oxygen atoms in total. The highest BCUT2D eigenvalue weighted by molar-refractivity contribution is 7.46. The van der Waals surface area contributed by atoms with Gasteiger partial charge in [0, 0.05) is 9.13 Å².